The normalized spacial score (nSPS) is 11.7. The molecule has 0 spiro atoms. The summed E-state index contributed by atoms with van der Waals surface area (Å²) < 4.78 is 40.8. The number of nitrogens with two attached hydrogens (primary N) is 1. The fourth-order valence-electron chi connectivity index (χ4n) is 2.82. The summed E-state index contributed by atoms with van der Waals surface area (Å²) in [4.78, 5) is 12.8. The predicted molar refractivity (Wildman–Crippen MR) is 126 cm³/mol. The van der Waals surface area contributed by atoms with E-state index in [1.165, 1.54) is 25.0 Å². The van der Waals surface area contributed by atoms with Crippen molar-refractivity contribution < 1.29 is 12.8 Å². The minimum Gasteiger partial charge on any atom is -0.327 e. The Balaban J connectivity index is 0.00000256. The monoisotopic (exact) mass is 483 g/mol. The third-order valence-electron chi connectivity index (χ3n) is 4.59. The van der Waals surface area contributed by atoms with Gasteiger partial charge in [0.15, 0.2) is 0 Å². The first-order chi connectivity index (χ1) is 14.3. The summed E-state index contributed by atoms with van der Waals surface area (Å²) in [5, 5.41) is 4.02. The second kappa shape index (κ2) is 11.2. The van der Waals surface area contributed by atoms with Gasteiger partial charge < -0.3 is 5.73 Å². The molecule has 0 fully saturated rings. The van der Waals surface area contributed by atoms with E-state index in [1.807, 2.05) is 6.07 Å². The fourth-order valence-corrected chi connectivity index (χ4v) is 3.73. The molecule has 0 unspecified atom stereocenters. The summed E-state index contributed by atoms with van der Waals surface area (Å²) in [5.74, 6) is 0. The first-order valence-corrected chi connectivity index (χ1v) is 10.5. The molecule has 8 nitrogen and oxygen atoms in total. The maximum atomic E-state index is 12.8. The van der Waals surface area contributed by atoms with E-state index < -0.39 is 15.7 Å². The van der Waals surface area contributed by atoms with Crippen molar-refractivity contribution >= 4 is 22.4 Å². The van der Waals surface area contributed by atoms with Crippen LogP contribution < -0.4 is 11.4 Å². The summed E-state index contributed by atoms with van der Waals surface area (Å²) in [6.07, 6.45) is 1.74. The van der Waals surface area contributed by atoms with Gasteiger partial charge in [-0.1, -0.05) is 31.7 Å². The van der Waals surface area contributed by atoms with Crippen molar-refractivity contribution in [3.05, 3.63) is 77.2 Å². The Morgan fingerprint density at radius 1 is 1.16 bits per heavy atom. The fraction of sp³-hybridized carbons (Fsp3) is 0.238. The highest BCUT2D eigenvalue weighted by atomic mass is 35.5. The molecular weight excluding hydrogens is 457 g/mol. The van der Waals surface area contributed by atoms with Crippen LogP contribution in [-0.4, -0.2) is 47.7 Å². The number of rotatable bonds is 7. The number of nitrogens with zero attached hydrogens (tertiary/aromatic N) is 4. The first kappa shape index (κ1) is 27.2. The van der Waals surface area contributed by atoms with Gasteiger partial charge in [0.05, 0.1) is 23.5 Å². The van der Waals surface area contributed by atoms with Crippen LogP contribution in [0.5, 0.6) is 0 Å². The zero-order valence-electron chi connectivity index (χ0n) is 17.0. The third-order valence-corrected chi connectivity index (χ3v) is 6.42. The van der Waals surface area contributed by atoms with E-state index >= 15 is 0 Å². The van der Waals surface area contributed by atoms with Crippen molar-refractivity contribution in [3.8, 4) is 16.8 Å². The summed E-state index contributed by atoms with van der Waals surface area (Å²) >= 11 is 0. The maximum Gasteiger partial charge on any atom is 0.350 e. The van der Waals surface area contributed by atoms with Crippen LogP contribution in [0.4, 0.5) is 4.39 Å². The van der Waals surface area contributed by atoms with Crippen molar-refractivity contribution in [2.75, 3.05) is 20.6 Å². The lowest BCUT2D eigenvalue weighted by molar-refractivity contribution is 0.521. The quantitative estimate of drug-likeness (QED) is 0.556. The molecule has 2 aromatic carbocycles. The van der Waals surface area contributed by atoms with Crippen molar-refractivity contribution in [3.63, 3.8) is 0 Å². The Bertz CT molecular complexity index is 1230. The van der Waals surface area contributed by atoms with Crippen molar-refractivity contribution in [1.29, 1.82) is 0 Å². The second-order valence-electron chi connectivity index (χ2n) is 6.77. The van der Waals surface area contributed by atoms with E-state index in [2.05, 4.69) is 5.10 Å². The van der Waals surface area contributed by atoms with E-state index in [1.54, 1.807) is 42.5 Å². The molecule has 2 N–H and O–H groups in total. The smallest absolute Gasteiger partial charge is 0.327 e. The Hall–Kier alpha value is -2.79. The molecule has 0 aliphatic rings. The van der Waals surface area contributed by atoms with Crippen LogP contribution in [0.25, 0.3) is 16.8 Å². The molecule has 0 aliphatic heterocycles. The van der Waals surface area contributed by atoms with Gasteiger partial charge in [-0.2, -0.15) is 5.10 Å². The summed E-state index contributed by atoms with van der Waals surface area (Å²) in [6.45, 7) is -0.0365. The number of benzene rings is 2. The van der Waals surface area contributed by atoms with E-state index in [-0.39, 0.29) is 43.4 Å². The number of sulfonamides is 1. The Kier molecular flexibility index (Phi) is 9.52. The molecule has 3 rings (SSSR count). The molecule has 0 amide bonds. The van der Waals surface area contributed by atoms with Crippen LogP contribution in [-0.2, 0) is 16.6 Å². The molecule has 3 aromatic rings. The van der Waals surface area contributed by atoms with Gasteiger partial charge in [0.25, 0.3) is 0 Å². The lowest BCUT2D eigenvalue weighted by Crippen LogP contribution is -2.25. The molecule has 32 heavy (non-hydrogen) atoms. The molecule has 0 saturated carbocycles. The molecule has 0 aliphatic carbocycles. The van der Waals surface area contributed by atoms with Gasteiger partial charge in [0.1, 0.15) is 6.33 Å². The molecule has 174 valence electrons. The number of aromatic nitrogens is 3. The van der Waals surface area contributed by atoms with E-state index in [4.69, 9.17) is 5.73 Å². The van der Waals surface area contributed by atoms with Gasteiger partial charge in [-0.25, -0.2) is 31.2 Å². The first-order valence-electron chi connectivity index (χ1n) is 9.04. The zero-order chi connectivity index (χ0) is 21.9. The third kappa shape index (κ3) is 5.52. The molecular formula is C21H27ClFN5O3S. The molecule has 1 aromatic heterocycles. The summed E-state index contributed by atoms with van der Waals surface area (Å²) in [7, 11) is -0.554. The number of hydrogen-bond donors (Lipinski definition) is 1. The highest BCUT2D eigenvalue weighted by Crippen LogP contribution is 2.24. The van der Waals surface area contributed by atoms with Gasteiger partial charge in [0, 0.05) is 20.6 Å². The van der Waals surface area contributed by atoms with Gasteiger partial charge in [0.2, 0.25) is 10.0 Å². The summed E-state index contributed by atoms with van der Waals surface area (Å²) in [6, 6.07) is 13.7. The lowest BCUT2D eigenvalue weighted by atomic mass is 10.1. The number of hydrogen-bond acceptors (Lipinski definition) is 5. The minimum atomic E-state index is -3.51. The lowest BCUT2D eigenvalue weighted by Gasteiger charge is -2.12. The topological polar surface area (TPSA) is 103 Å². The molecule has 0 saturated heterocycles. The molecule has 0 radical (unpaired) electrons. The maximum absolute atomic E-state index is 12.8. The van der Waals surface area contributed by atoms with Crippen molar-refractivity contribution in [1.82, 2.24) is 18.7 Å². The molecule has 11 heteroatoms. The van der Waals surface area contributed by atoms with Crippen LogP contribution in [0.1, 0.15) is 7.43 Å². The van der Waals surface area contributed by atoms with E-state index in [0.29, 0.717) is 12.0 Å². The standard InChI is InChI=1S/C20H22FN5O3S.CH4.ClH/c1-24(2)30(28,29)19-8-6-16(7-9-19)17-4-3-5-18(10-17)25-14-23-26(20(25)27)13-15(11-21)12-22;;/h3-11,14H,12-13,22H2,1-2H3;1H4;1H/b15-11+;;. The van der Waals surface area contributed by atoms with E-state index in [0.717, 1.165) is 20.1 Å². The largest absolute Gasteiger partial charge is 0.350 e. The minimum absolute atomic E-state index is 0. The number of halogens is 2. The van der Waals surface area contributed by atoms with Crippen LogP contribution in [0, 0.1) is 0 Å². The van der Waals surface area contributed by atoms with Gasteiger partial charge in [-0.3, -0.25) is 0 Å². The molecule has 1 heterocycles. The average Bonchev–Trinajstić information content (AvgIpc) is 3.12. The van der Waals surface area contributed by atoms with Gasteiger partial charge in [-0.05, 0) is 41.0 Å². The van der Waals surface area contributed by atoms with Crippen LogP contribution in [0.3, 0.4) is 0 Å². The second-order valence-corrected chi connectivity index (χ2v) is 8.93. The van der Waals surface area contributed by atoms with Crippen molar-refractivity contribution in [2.45, 2.75) is 18.9 Å². The van der Waals surface area contributed by atoms with Crippen LogP contribution >= 0.6 is 12.4 Å². The van der Waals surface area contributed by atoms with Gasteiger partial charge >= 0.3 is 5.69 Å². The van der Waals surface area contributed by atoms with Crippen LogP contribution in [0.15, 0.2) is 76.5 Å². The Morgan fingerprint density at radius 3 is 2.38 bits per heavy atom. The summed E-state index contributed by atoms with van der Waals surface area (Å²) in [5.41, 5.74) is 7.44. The van der Waals surface area contributed by atoms with Gasteiger partial charge in [-0.15, -0.1) is 12.4 Å². The Labute approximate surface area is 193 Å². The van der Waals surface area contributed by atoms with Crippen molar-refractivity contribution in [2.24, 2.45) is 5.73 Å². The highest BCUT2D eigenvalue weighted by molar-refractivity contribution is 7.89. The zero-order valence-corrected chi connectivity index (χ0v) is 18.6. The SMILES string of the molecule is C.CN(C)S(=O)(=O)c1ccc(-c2cccc(-n3cnn(C/C(=C/F)CN)c3=O)c2)cc1.Cl. The predicted octanol–water partition coefficient (Wildman–Crippen LogP) is 2.82. The molecule has 0 atom stereocenters. The molecule has 0 bridgehead atoms. The average molecular weight is 484 g/mol. The Morgan fingerprint density at radius 2 is 1.81 bits per heavy atom. The van der Waals surface area contributed by atoms with Crippen LogP contribution in [0.2, 0.25) is 0 Å². The highest BCUT2D eigenvalue weighted by Gasteiger charge is 2.17. The van der Waals surface area contributed by atoms with E-state index in [9.17, 15) is 17.6 Å².